The van der Waals surface area contributed by atoms with Gasteiger partial charge in [0.25, 0.3) is 0 Å². The highest BCUT2D eigenvalue weighted by Gasteiger charge is 2.20. The first-order valence-corrected chi connectivity index (χ1v) is 5.35. The zero-order chi connectivity index (χ0) is 7.40. The summed E-state index contributed by atoms with van der Waals surface area (Å²) in [5.74, 6) is 3.26. The number of hydrogen-bond donors (Lipinski definition) is 1. The highest BCUT2D eigenvalue weighted by atomic mass is 35.5. The van der Waals surface area contributed by atoms with Crippen molar-refractivity contribution >= 4 is 23.4 Å². The Hall–Kier alpha value is 0.600. The summed E-state index contributed by atoms with van der Waals surface area (Å²) in [4.78, 5) is 0. The van der Waals surface area contributed by atoms with Gasteiger partial charge in [-0.25, -0.2) is 0 Å². The summed E-state index contributed by atoms with van der Waals surface area (Å²) in [7, 11) is 0. The van der Waals surface area contributed by atoms with Crippen LogP contribution in [-0.4, -0.2) is 28.6 Å². The highest BCUT2D eigenvalue weighted by molar-refractivity contribution is 7.99. The normalized spacial score (nSPS) is 24.6. The average molecular weight is 181 g/mol. The number of hydrogen-bond acceptors (Lipinski definition) is 2. The first-order chi connectivity index (χ1) is 4.84. The van der Waals surface area contributed by atoms with Crippen molar-refractivity contribution < 1.29 is 5.11 Å². The maximum absolute atomic E-state index is 9.34. The third-order valence-corrected chi connectivity index (χ3v) is 3.33. The van der Waals surface area contributed by atoms with Crippen LogP contribution in [0.1, 0.15) is 12.8 Å². The van der Waals surface area contributed by atoms with E-state index in [1.54, 1.807) is 0 Å². The lowest BCUT2D eigenvalue weighted by Crippen LogP contribution is -2.25. The SMILES string of the molecule is OC(CCl)C1CCSCC1. The monoisotopic (exact) mass is 180 g/mol. The molecule has 0 aliphatic carbocycles. The van der Waals surface area contributed by atoms with E-state index in [2.05, 4.69) is 0 Å². The molecule has 3 heteroatoms. The summed E-state index contributed by atoms with van der Waals surface area (Å²) in [5.41, 5.74) is 0. The van der Waals surface area contributed by atoms with Gasteiger partial charge in [0.1, 0.15) is 0 Å². The molecule has 1 rings (SSSR count). The van der Waals surface area contributed by atoms with Gasteiger partial charge in [-0.1, -0.05) is 0 Å². The second kappa shape index (κ2) is 4.47. The van der Waals surface area contributed by atoms with Gasteiger partial charge in [0, 0.05) is 5.88 Å². The molecule has 1 unspecified atom stereocenters. The second-order valence-electron chi connectivity index (χ2n) is 2.67. The van der Waals surface area contributed by atoms with E-state index in [0.29, 0.717) is 11.8 Å². The Kier molecular flexibility index (Phi) is 3.89. The van der Waals surface area contributed by atoms with Crippen molar-refractivity contribution in [3.8, 4) is 0 Å². The van der Waals surface area contributed by atoms with Gasteiger partial charge in [-0.05, 0) is 30.3 Å². The van der Waals surface area contributed by atoms with Gasteiger partial charge in [0.05, 0.1) is 6.10 Å². The van der Waals surface area contributed by atoms with Crippen molar-refractivity contribution in [1.29, 1.82) is 0 Å². The predicted octanol–water partition coefficient (Wildman–Crippen LogP) is 1.73. The fraction of sp³-hybridized carbons (Fsp3) is 1.00. The molecule has 0 aromatic carbocycles. The Morgan fingerprint density at radius 2 is 2.10 bits per heavy atom. The molecule has 0 aromatic rings. The number of alkyl halides is 1. The second-order valence-corrected chi connectivity index (χ2v) is 4.20. The van der Waals surface area contributed by atoms with E-state index >= 15 is 0 Å². The van der Waals surface area contributed by atoms with Crippen molar-refractivity contribution in [1.82, 2.24) is 0 Å². The lowest BCUT2D eigenvalue weighted by molar-refractivity contribution is 0.123. The number of halogens is 1. The van der Waals surface area contributed by atoms with Gasteiger partial charge in [-0.15, -0.1) is 11.6 Å². The molecule has 1 nitrogen and oxygen atoms in total. The Morgan fingerprint density at radius 3 is 2.60 bits per heavy atom. The maximum atomic E-state index is 9.34. The minimum atomic E-state index is -0.262. The summed E-state index contributed by atoms with van der Waals surface area (Å²) in [6.45, 7) is 0. The summed E-state index contributed by atoms with van der Waals surface area (Å²) >= 11 is 7.50. The van der Waals surface area contributed by atoms with Gasteiger partial charge < -0.3 is 5.11 Å². The first kappa shape index (κ1) is 8.69. The van der Waals surface area contributed by atoms with Crippen LogP contribution < -0.4 is 0 Å². The van der Waals surface area contributed by atoms with E-state index in [9.17, 15) is 5.11 Å². The molecule has 1 N–H and O–H groups in total. The van der Waals surface area contributed by atoms with Crippen LogP contribution in [0.15, 0.2) is 0 Å². The molecule has 1 aliphatic rings. The van der Waals surface area contributed by atoms with Crippen molar-refractivity contribution in [3.63, 3.8) is 0 Å². The zero-order valence-corrected chi connectivity index (χ0v) is 7.50. The summed E-state index contributed by atoms with van der Waals surface area (Å²) in [5, 5.41) is 9.34. The van der Waals surface area contributed by atoms with E-state index in [1.807, 2.05) is 11.8 Å². The molecule has 0 aromatic heterocycles. The van der Waals surface area contributed by atoms with Gasteiger partial charge in [0.15, 0.2) is 0 Å². The van der Waals surface area contributed by atoms with Crippen molar-refractivity contribution in [2.45, 2.75) is 18.9 Å². The molecule has 0 bridgehead atoms. The number of aliphatic hydroxyl groups is 1. The van der Waals surface area contributed by atoms with Gasteiger partial charge in [-0.3, -0.25) is 0 Å². The van der Waals surface area contributed by atoms with Crippen LogP contribution >= 0.6 is 23.4 Å². The molecule has 0 radical (unpaired) electrons. The van der Waals surface area contributed by atoms with Crippen molar-refractivity contribution in [2.24, 2.45) is 5.92 Å². The van der Waals surface area contributed by atoms with Gasteiger partial charge in [0.2, 0.25) is 0 Å². The molecule has 60 valence electrons. The fourth-order valence-corrected chi connectivity index (χ4v) is 2.62. The number of aliphatic hydroxyl groups excluding tert-OH is 1. The van der Waals surface area contributed by atoms with Crippen LogP contribution in [0.25, 0.3) is 0 Å². The third kappa shape index (κ3) is 2.33. The lowest BCUT2D eigenvalue weighted by Gasteiger charge is -2.24. The molecule has 1 fully saturated rings. The van der Waals surface area contributed by atoms with E-state index in [1.165, 1.54) is 11.5 Å². The quantitative estimate of drug-likeness (QED) is 0.654. The van der Waals surface area contributed by atoms with E-state index in [0.717, 1.165) is 12.8 Å². The largest absolute Gasteiger partial charge is 0.392 e. The molecule has 0 saturated carbocycles. The van der Waals surface area contributed by atoms with Crippen molar-refractivity contribution in [2.75, 3.05) is 17.4 Å². The van der Waals surface area contributed by atoms with Crippen LogP contribution in [0.4, 0.5) is 0 Å². The smallest absolute Gasteiger partial charge is 0.0704 e. The molecule has 10 heavy (non-hydrogen) atoms. The minimum Gasteiger partial charge on any atom is -0.392 e. The van der Waals surface area contributed by atoms with Crippen LogP contribution in [0, 0.1) is 5.92 Å². The minimum absolute atomic E-state index is 0.262. The third-order valence-electron chi connectivity index (χ3n) is 1.97. The van der Waals surface area contributed by atoms with Gasteiger partial charge >= 0.3 is 0 Å². The maximum Gasteiger partial charge on any atom is 0.0704 e. The molecular weight excluding hydrogens is 168 g/mol. The lowest BCUT2D eigenvalue weighted by atomic mass is 9.97. The standard InChI is InChI=1S/C7H13ClOS/c8-5-7(9)6-1-3-10-4-2-6/h6-7,9H,1-5H2. The summed E-state index contributed by atoms with van der Waals surface area (Å²) < 4.78 is 0. The van der Waals surface area contributed by atoms with Crippen molar-refractivity contribution in [3.05, 3.63) is 0 Å². The van der Waals surface area contributed by atoms with Crippen LogP contribution in [-0.2, 0) is 0 Å². The first-order valence-electron chi connectivity index (χ1n) is 3.66. The molecule has 1 atom stereocenters. The molecule has 1 aliphatic heterocycles. The molecule has 1 heterocycles. The Labute approximate surface area is 71.1 Å². The van der Waals surface area contributed by atoms with Crippen LogP contribution in [0.2, 0.25) is 0 Å². The molecular formula is C7H13ClOS. The van der Waals surface area contributed by atoms with E-state index in [4.69, 9.17) is 11.6 Å². The zero-order valence-electron chi connectivity index (χ0n) is 5.92. The predicted molar refractivity (Wildman–Crippen MR) is 46.8 cm³/mol. The Balaban J connectivity index is 2.24. The van der Waals surface area contributed by atoms with Crippen LogP contribution in [0.5, 0.6) is 0 Å². The highest BCUT2D eigenvalue weighted by Crippen LogP contribution is 2.25. The molecule has 1 saturated heterocycles. The van der Waals surface area contributed by atoms with E-state index < -0.39 is 0 Å². The average Bonchev–Trinajstić information content (AvgIpc) is 2.05. The topological polar surface area (TPSA) is 20.2 Å². The Bertz CT molecular complexity index is 93.6. The van der Waals surface area contributed by atoms with Crippen LogP contribution in [0.3, 0.4) is 0 Å². The van der Waals surface area contributed by atoms with Gasteiger partial charge in [-0.2, -0.15) is 11.8 Å². The number of rotatable bonds is 2. The fourth-order valence-electron chi connectivity index (χ4n) is 1.23. The molecule has 0 amide bonds. The number of thioether (sulfide) groups is 1. The Morgan fingerprint density at radius 1 is 1.50 bits per heavy atom. The van der Waals surface area contributed by atoms with E-state index in [-0.39, 0.29) is 6.10 Å². The summed E-state index contributed by atoms with van der Waals surface area (Å²) in [6, 6.07) is 0. The molecule has 0 spiro atoms. The summed E-state index contributed by atoms with van der Waals surface area (Å²) in [6.07, 6.45) is 2.01.